The Morgan fingerprint density at radius 1 is 1.11 bits per heavy atom. The highest BCUT2D eigenvalue weighted by Gasteiger charge is 2.09. The van der Waals surface area contributed by atoms with Gasteiger partial charge in [0.2, 0.25) is 0 Å². The van der Waals surface area contributed by atoms with Crippen molar-refractivity contribution in [2.75, 3.05) is 5.32 Å². The van der Waals surface area contributed by atoms with E-state index in [0.717, 1.165) is 0 Å². The number of benzene rings is 2. The molecule has 0 radical (unpaired) electrons. The summed E-state index contributed by atoms with van der Waals surface area (Å²) < 4.78 is 13.6. The predicted molar refractivity (Wildman–Crippen MR) is 70.9 cm³/mol. The van der Waals surface area contributed by atoms with Crippen molar-refractivity contribution < 1.29 is 4.39 Å². The van der Waals surface area contributed by atoms with E-state index in [1.807, 2.05) is 6.07 Å². The first-order valence-corrected chi connectivity index (χ1v) is 5.78. The highest BCUT2D eigenvalue weighted by atomic mass is 35.5. The van der Waals surface area contributed by atoms with Crippen molar-refractivity contribution in [2.24, 2.45) is 0 Å². The Hall–Kier alpha value is -1.76. The second-order valence-electron chi connectivity index (χ2n) is 3.53. The molecule has 0 atom stereocenters. The van der Waals surface area contributed by atoms with Gasteiger partial charge in [0.05, 0.1) is 33.1 Å². The highest BCUT2D eigenvalue weighted by Crippen LogP contribution is 2.31. The number of nitrogens with zero attached hydrogens (tertiary/aromatic N) is 1. The fourth-order valence-electron chi connectivity index (χ4n) is 1.44. The van der Waals surface area contributed by atoms with E-state index in [-0.39, 0.29) is 10.7 Å². The average Bonchev–Trinajstić information content (AvgIpc) is 2.35. The Balaban J connectivity index is 2.38. The van der Waals surface area contributed by atoms with E-state index in [4.69, 9.17) is 28.5 Å². The molecule has 0 heterocycles. The van der Waals surface area contributed by atoms with Crippen LogP contribution in [-0.2, 0) is 0 Å². The van der Waals surface area contributed by atoms with Crippen LogP contribution in [0, 0.1) is 17.1 Å². The van der Waals surface area contributed by atoms with Crippen molar-refractivity contribution in [3.8, 4) is 6.07 Å². The Kier molecular flexibility index (Phi) is 3.71. The summed E-state index contributed by atoms with van der Waals surface area (Å²) in [4.78, 5) is 0. The molecular weight excluding hydrogens is 274 g/mol. The van der Waals surface area contributed by atoms with Crippen molar-refractivity contribution >= 4 is 34.6 Å². The van der Waals surface area contributed by atoms with Crippen LogP contribution >= 0.6 is 23.2 Å². The van der Waals surface area contributed by atoms with Gasteiger partial charge in [0.1, 0.15) is 5.82 Å². The van der Waals surface area contributed by atoms with Crippen molar-refractivity contribution in [2.45, 2.75) is 0 Å². The van der Waals surface area contributed by atoms with Crippen LogP contribution in [0.5, 0.6) is 0 Å². The van der Waals surface area contributed by atoms with Gasteiger partial charge in [0.25, 0.3) is 0 Å². The van der Waals surface area contributed by atoms with E-state index in [2.05, 4.69) is 5.32 Å². The monoisotopic (exact) mass is 280 g/mol. The van der Waals surface area contributed by atoms with Crippen LogP contribution in [0.4, 0.5) is 15.8 Å². The molecule has 0 aliphatic heterocycles. The van der Waals surface area contributed by atoms with Gasteiger partial charge in [-0.3, -0.25) is 0 Å². The first kappa shape index (κ1) is 12.7. The van der Waals surface area contributed by atoms with Gasteiger partial charge >= 0.3 is 0 Å². The lowest BCUT2D eigenvalue weighted by Crippen LogP contribution is -1.95. The molecule has 0 aromatic heterocycles. The van der Waals surface area contributed by atoms with Gasteiger partial charge in [0, 0.05) is 0 Å². The molecule has 0 aliphatic rings. The molecule has 0 fully saturated rings. The lowest BCUT2D eigenvalue weighted by Gasteiger charge is -2.11. The Morgan fingerprint density at radius 2 is 1.89 bits per heavy atom. The Labute approximate surface area is 114 Å². The lowest BCUT2D eigenvalue weighted by molar-refractivity contribution is 0.632. The quantitative estimate of drug-likeness (QED) is 0.862. The van der Waals surface area contributed by atoms with Crippen molar-refractivity contribution in [3.63, 3.8) is 0 Å². The average molecular weight is 281 g/mol. The molecule has 5 heteroatoms. The maximum atomic E-state index is 13.6. The SMILES string of the molecule is N#Cc1ccc(Nc2c(F)cccc2Cl)c(Cl)c1. The van der Waals surface area contributed by atoms with Gasteiger partial charge in [-0.2, -0.15) is 5.26 Å². The van der Waals surface area contributed by atoms with Gasteiger partial charge in [0.15, 0.2) is 0 Å². The summed E-state index contributed by atoms with van der Waals surface area (Å²) in [7, 11) is 0. The lowest BCUT2D eigenvalue weighted by atomic mass is 10.2. The van der Waals surface area contributed by atoms with E-state index < -0.39 is 5.82 Å². The molecule has 90 valence electrons. The molecular formula is C13H7Cl2FN2. The molecule has 0 amide bonds. The number of para-hydroxylation sites is 1. The molecule has 0 saturated carbocycles. The minimum Gasteiger partial charge on any atom is -0.351 e. The van der Waals surface area contributed by atoms with E-state index in [9.17, 15) is 4.39 Å². The largest absolute Gasteiger partial charge is 0.351 e. The van der Waals surface area contributed by atoms with Crippen LogP contribution < -0.4 is 5.32 Å². The van der Waals surface area contributed by atoms with E-state index in [1.165, 1.54) is 18.2 Å². The van der Waals surface area contributed by atoms with Crippen molar-refractivity contribution in [1.82, 2.24) is 0 Å². The molecule has 0 saturated heterocycles. The molecule has 2 rings (SSSR count). The highest BCUT2D eigenvalue weighted by molar-refractivity contribution is 6.34. The zero-order chi connectivity index (χ0) is 13.1. The number of nitriles is 1. The van der Waals surface area contributed by atoms with Gasteiger partial charge in [-0.15, -0.1) is 0 Å². The summed E-state index contributed by atoms with van der Waals surface area (Å²) in [6.45, 7) is 0. The number of rotatable bonds is 2. The third-order valence-corrected chi connectivity index (χ3v) is 2.95. The zero-order valence-corrected chi connectivity index (χ0v) is 10.6. The van der Waals surface area contributed by atoms with E-state index in [1.54, 1.807) is 18.2 Å². The topological polar surface area (TPSA) is 35.8 Å². The zero-order valence-electron chi connectivity index (χ0n) is 9.05. The second kappa shape index (κ2) is 5.26. The van der Waals surface area contributed by atoms with Crippen LogP contribution in [-0.4, -0.2) is 0 Å². The van der Waals surface area contributed by atoms with Crippen molar-refractivity contribution in [3.05, 3.63) is 57.8 Å². The molecule has 18 heavy (non-hydrogen) atoms. The molecule has 0 bridgehead atoms. The summed E-state index contributed by atoms with van der Waals surface area (Å²) in [5, 5.41) is 12.1. The van der Waals surface area contributed by atoms with Crippen LogP contribution in [0.15, 0.2) is 36.4 Å². The Morgan fingerprint density at radius 3 is 2.50 bits per heavy atom. The van der Waals surface area contributed by atoms with Crippen LogP contribution in [0.2, 0.25) is 10.0 Å². The normalized spacial score (nSPS) is 9.89. The smallest absolute Gasteiger partial charge is 0.148 e. The first-order valence-electron chi connectivity index (χ1n) is 5.02. The number of hydrogen-bond acceptors (Lipinski definition) is 2. The van der Waals surface area contributed by atoms with Gasteiger partial charge in [-0.25, -0.2) is 4.39 Å². The number of halogens is 3. The third kappa shape index (κ3) is 2.56. The number of nitrogens with one attached hydrogen (secondary N) is 1. The standard InChI is InChI=1S/C13H7Cl2FN2/c14-9-2-1-3-11(16)13(9)18-12-5-4-8(7-17)6-10(12)15/h1-6,18H. The maximum absolute atomic E-state index is 13.6. The second-order valence-corrected chi connectivity index (χ2v) is 4.34. The summed E-state index contributed by atoms with van der Waals surface area (Å²) in [5.41, 5.74) is 1.08. The Bertz CT molecular complexity index is 615. The first-order chi connectivity index (χ1) is 8.61. The fourth-order valence-corrected chi connectivity index (χ4v) is 1.88. The maximum Gasteiger partial charge on any atom is 0.148 e. The summed E-state index contributed by atoms with van der Waals surface area (Å²) in [6.07, 6.45) is 0. The van der Waals surface area contributed by atoms with Gasteiger partial charge in [-0.1, -0.05) is 29.3 Å². The summed E-state index contributed by atoms with van der Waals surface area (Å²) >= 11 is 11.9. The minimum atomic E-state index is -0.470. The summed E-state index contributed by atoms with van der Waals surface area (Å²) in [5.74, 6) is -0.470. The molecule has 2 aromatic rings. The predicted octanol–water partition coefficient (Wildman–Crippen LogP) is 4.75. The van der Waals surface area contributed by atoms with Crippen molar-refractivity contribution in [1.29, 1.82) is 5.26 Å². The fraction of sp³-hybridized carbons (Fsp3) is 0. The van der Waals surface area contributed by atoms with Gasteiger partial charge in [-0.05, 0) is 30.3 Å². The molecule has 1 N–H and O–H groups in total. The molecule has 0 aliphatic carbocycles. The number of anilines is 2. The van der Waals surface area contributed by atoms with Gasteiger partial charge < -0.3 is 5.32 Å². The summed E-state index contributed by atoms with van der Waals surface area (Å²) in [6, 6.07) is 11.0. The van der Waals surface area contributed by atoms with Crippen LogP contribution in [0.25, 0.3) is 0 Å². The minimum absolute atomic E-state index is 0.158. The molecule has 2 aromatic carbocycles. The molecule has 0 spiro atoms. The third-order valence-electron chi connectivity index (χ3n) is 2.32. The van der Waals surface area contributed by atoms with Crippen LogP contribution in [0.3, 0.4) is 0 Å². The van der Waals surface area contributed by atoms with E-state index >= 15 is 0 Å². The number of hydrogen-bond donors (Lipinski definition) is 1. The molecule has 2 nitrogen and oxygen atoms in total. The van der Waals surface area contributed by atoms with Crippen LogP contribution in [0.1, 0.15) is 5.56 Å². The van der Waals surface area contributed by atoms with E-state index in [0.29, 0.717) is 16.3 Å². The molecule has 0 unspecified atom stereocenters.